The lowest BCUT2D eigenvalue weighted by molar-refractivity contribution is -0.112. The molecule has 0 atom stereocenters. The van der Waals surface area contributed by atoms with Crippen molar-refractivity contribution in [2.45, 2.75) is 13.8 Å². The number of carbonyl (C=O) groups is 1. The second-order valence-electron chi connectivity index (χ2n) is 5.03. The minimum absolute atomic E-state index is 0.00611. The summed E-state index contributed by atoms with van der Waals surface area (Å²) in [5, 5.41) is 21.2. The van der Waals surface area contributed by atoms with E-state index in [9.17, 15) is 15.2 Å². The summed E-state index contributed by atoms with van der Waals surface area (Å²) in [7, 11) is 0. The van der Waals surface area contributed by atoms with E-state index in [1.165, 1.54) is 18.2 Å². The van der Waals surface area contributed by atoms with Gasteiger partial charge in [-0.05, 0) is 54.8 Å². The van der Waals surface area contributed by atoms with Crippen molar-refractivity contribution in [3.63, 3.8) is 0 Å². The molecule has 0 aromatic heterocycles. The molecule has 2 N–H and O–H groups in total. The Kier molecular flexibility index (Phi) is 4.60. The van der Waals surface area contributed by atoms with Crippen molar-refractivity contribution in [2.24, 2.45) is 0 Å². The van der Waals surface area contributed by atoms with Crippen molar-refractivity contribution in [2.75, 3.05) is 5.32 Å². The molecule has 0 aliphatic rings. The van der Waals surface area contributed by atoms with Gasteiger partial charge < -0.3 is 10.4 Å². The van der Waals surface area contributed by atoms with E-state index >= 15 is 0 Å². The molecule has 2 aromatic rings. The molecule has 0 aliphatic carbocycles. The monoisotopic (exact) mass is 292 g/mol. The van der Waals surface area contributed by atoms with Crippen molar-refractivity contribution < 1.29 is 9.90 Å². The maximum Gasteiger partial charge on any atom is 0.266 e. The number of nitrogens with one attached hydrogen (secondary N) is 1. The standard InChI is InChI=1S/C18H16N2O2/c1-12-3-4-13(2)17(9-12)20-18(22)15(11-19)10-14-5-7-16(21)8-6-14/h3-10,21H,1-2H3,(H,20,22)/b15-10-. The fourth-order valence-corrected chi connectivity index (χ4v) is 1.95. The Morgan fingerprint density at radius 3 is 2.50 bits per heavy atom. The summed E-state index contributed by atoms with van der Waals surface area (Å²) in [5.74, 6) is -0.320. The molecule has 0 aliphatic heterocycles. The van der Waals surface area contributed by atoms with Gasteiger partial charge in [0.05, 0.1) is 0 Å². The number of anilines is 1. The molecular formula is C18H16N2O2. The highest BCUT2D eigenvalue weighted by molar-refractivity contribution is 6.10. The Morgan fingerprint density at radius 1 is 1.18 bits per heavy atom. The van der Waals surface area contributed by atoms with Gasteiger partial charge in [0.1, 0.15) is 17.4 Å². The predicted molar refractivity (Wildman–Crippen MR) is 86.2 cm³/mol. The molecule has 0 saturated heterocycles. The van der Waals surface area contributed by atoms with Crippen molar-refractivity contribution in [3.05, 3.63) is 64.7 Å². The van der Waals surface area contributed by atoms with Crippen LogP contribution in [-0.4, -0.2) is 11.0 Å². The third-order valence-electron chi connectivity index (χ3n) is 3.21. The molecule has 4 nitrogen and oxygen atoms in total. The molecule has 0 spiro atoms. The van der Waals surface area contributed by atoms with Gasteiger partial charge in [0.25, 0.3) is 5.91 Å². The number of phenols is 1. The fourth-order valence-electron chi connectivity index (χ4n) is 1.95. The smallest absolute Gasteiger partial charge is 0.266 e. The van der Waals surface area contributed by atoms with Crippen LogP contribution in [0.4, 0.5) is 5.69 Å². The topological polar surface area (TPSA) is 73.1 Å². The van der Waals surface area contributed by atoms with Gasteiger partial charge in [-0.1, -0.05) is 24.3 Å². The van der Waals surface area contributed by atoms with Crippen LogP contribution in [0, 0.1) is 25.2 Å². The van der Waals surface area contributed by atoms with Crippen LogP contribution in [0.15, 0.2) is 48.0 Å². The SMILES string of the molecule is Cc1ccc(C)c(NC(=O)/C(C#N)=C\c2ccc(O)cc2)c1. The van der Waals surface area contributed by atoms with Crippen LogP contribution in [0.25, 0.3) is 6.08 Å². The summed E-state index contributed by atoms with van der Waals surface area (Å²) in [6.45, 7) is 3.83. The van der Waals surface area contributed by atoms with E-state index in [1.54, 1.807) is 12.1 Å². The minimum atomic E-state index is -0.454. The first-order valence-electron chi connectivity index (χ1n) is 6.79. The largest absolute Gasteiger partial charge is 0.508 e. The highest BCUT2D eigenvalue weighted by Crippen LogP contribution is 2.18. The number of nitriles is 1. The number of hydrogen-bond donors (Lipinski definition) is 2. The predicted octanol–water partition coefficient (Wildman–Crippen LogP) is 3.55. The van der Waals surface area contributed by atoms with E-state index in [-0.39, 0.29) is 11.3 Å². The van der Waals surface area contributed by atoms with Gasteiger partial charge in [0.2, 0.25) is 0 Å². The number of carbonyl (C=O) groups excluding carboxylic acids is 1. The summed E-state index contributed by atoms with van der Waals surface area (Å²) >= 11 is 0. The van der Waals surface area contributed by atoms with Crippen LogP contribution >= 0.6 is 0 Å². The van der Waals surface area contributed by atoms with Crippen molar-refractivity contribution in [1.29, 1.82) is 5.26 Å². The molecule has 0 radical (unpaired) electrons. The fraction of sp³-hybridized carbons (Fsp3) is 0.111. The van der Waals surface area contributed by atoms with Gasteiger partial charge in [0.15, 0.2) is 0 Å². The van der Waals surface area contributed by atoms with E-state index in [0.29, 0.717) is 11.3 Å². The molecule has 2 rings (SSSR count). The molecule has 4 heteroatoms. The van der Waals surface area contributed by atoms with E-state index in [1.807, 2.05) is 38.1 Å². The van der Waals surface area contributed by atoms with E-state index in [2.05, 4.69) is 5.32 Å². The van der Waals surface area contributed by atoms with E-state index in [0.717, 1.165) is 11.1 Å². The van der Waals surface area contributed by atoms with Gasteiger partial charge in [0, 0.05) is 5.69 Å². The number of amides is 1. The Hall–Kier alpha value is -3.06. The summed E-state index contributed by atoms with van der Waals surface area (Å²) in [6, 6.07) is 13.9. The summed E-state index contributed by atoms with van der Waals surface area (Å²) in [6.07, 6.45) is 1.49. The second-order valence-corrected chi connectivity index (χ2v) is 5.03. The quantitative estimate of drug-likeness (QED) is 0.671. The van der Waals surface area contributed by atoms with Crippen LogP contribution in [-0.2, 0) is 4.79 Å². The number of aromatic hydroxyl groups is 1. The molecule has 0 saturated carbocycles. The minimum Gasteiger partial charge on any atom is -0.508 e. The van der Waals surface area contributed by atoms with Crippen LogP contribution < -0.4 is 5.32 Å². The maximum absolute atomic E-state index is 12.2. The van der Waals surface area contributed by atoms with Gasteiger partial charge in [-0.3, -0.25) is 4.79 Å². The normalized spacial score (nSPS) is 10.9. The number of phenolic OH excluding ortho intramolecular Hbond substituents is 1. The molecular weight excluding hydrogens is 276 g/mol. The van der Waals surface area contributed by atoms with E-state index in [4.69, 9.17) is 0 Å². The Balaban J connectivity index is 2.24. The lowest BCUT2D eigenvalue weighted by Gasteiger charge is -2.08. The summed E-state index contributed by atoms with van der Waals surface area (Å²) < 4.78 is 0. The Bertz CT molecular complexity index is 769. The Morgan fingerprint density at radius 2 is 1.86 bits per heavy atom. The van der Waals surface area contributed by atoms with Crippen molar-refractivity contribution >= 4 is 17.7 Å². The first kappa shape index (κ1) is 15.3. The third kappa shape index (κ3) is 3.74. The van der Waals surface area contributed by atoms with Gasteiger partial charge in [-0.25, -0.2) is 0 Å². The zero-order valence-corrected chi connectivity index (χ0v) is 12.4. The van der Waals surface area contributed by atoms with Gasteiger partial charge in [-0.15, -0.1) is 0 Å². The molecule has 0 heterocycles. The highest BCUT2D eigenvalue weighted by Gasteiger charge is 2.11. The van der Waals surface area contributed by atoms with Crippen molar-refractivity contribution in [1.82, 2.24) is 0 Å². The van der Waals surface area contributed by atoms with Crippen LogP contribution in [0.2, 0.25) is 0 Å². The number of benzene rings is 2. The molecule has 110 valence electrons. The second kappa shape index (κ2) is 6.59. The number of rotatable bonds is 3. The number of hydrogen-bond acceptors (Lipinski definition) is 3. The number of nitrogens with zero attached hydrogens (tertiary/aromatic N) is 1. The molecule has 2 aromatic carbocycles. The number of aryl methyl sites for hydroxylation is 2. The van der Waals surface area contributed by atoms with Crippen molar-refractivity contribution in [3.8, 4) is 11.8 Å². The zero-order chi connectivity index (χ0) is 16.1. The van der Waals surface area contributed by atoms with Crippen LogP contribution in [0.5, 0.6) is 5.75 Å². The summed E-state index contributed by atoms with van der Waals surface area (Å²) in [4.78, 5) is 12.2. The van der Waals surface area contributed by atoms with Gasteiger partial charge >= 0.3 is 0 Å². The lowest BCUT2D eigenvalue weighted by atomic mass is 10.1. The molecule has 1 amide bonds. The maximum atomic E-state index is 12.2. The average molecular weight is 292 g/mol. The highest BCUT2D eigenvalue weighted by atomic mass is 16.3. The third-order valence-corrected chi connectivity index (χ3v) is 3.21. The van der Waals surface area contributed by atoms with Crippen LogP contribution in [0.1, 0.15) is 16.7 Å². The molecule has 0 bridgehead atoms. The Labute approximate surface area is 129 Å². The molecule has 0 fully saturated rings. The van der Waals surface area contributed by atoms with Crippen LogP contribution in [0.3, 0.4) is 0 Å². The molecule has 0 unspecified atom stereocenters. The first-order chi connectivity index (χ1) is 10.5. The first-order valence-corrected chi connectivity index (χ1v) is 6.79. The summed E-state index contributed by atoms with van der Waals surface area (Å²) in [5.41, 5.74) is 3.33. The lowest BCUT2D eigenvalue weighted by Crippen LogP contribution is -2.14. The average Bonchev–Trinajstić information content (AvgIpc) is 2.50. The van der Waals surface area contributed by atoms with E-state index < -0.39 is 5.91 Å². The van der Waals surface area contributed by atoms with Gasteiger partial charge in [-0.2, -0.15) is 5.26 Å². The zero-order valence-electron chi connectivity index (χ0n) is 12.4. The molecule has 22 heavy (non-hydrogen) atoms.